The van der Waals surface area contributed by atoms with Crippen LogP contribution in [-0.4, -0.2) is 49.2 Å². The molecule has 5 N–H and O–H groups in total. The molecule has 1 aliphatic heterocycles. The molecule has 1 atom stereocenters. The molecule has 1 saturated heterocycles. The summed E-state index contributed by atoms with van der Waals surface area (Å²) in [6, 6.07) is 5.66. The molecule has 0 aromatic heterocycles. The average Bonchev–Trinajstić information content (AvgIpc) is 2.63. The number of nitrogens with one attached hydrogen (secondary N) is 2. The maximum Gasteiger partial charge on any atom is 0.322 e. The van der Waals surface area contributed by atoms with Crippen LogP contribution in [0.3, 0.4) is 0 Å². The van der Waals surface area contributed by atoms with Gasteiger partial charge in [-0.05, 0) is 30.5 Å². The molecule has 24 heavy (non-hydrogen) atoms. The molecule has 0 bridgehead atoms. The Morgan fingerprint density at radius 2 is 2.17 bits per heavy atom. The number of rotatable bonds is 4. The molecule has 1 aromatic carbocycles. The fourth-order valence-electron chi connectivity index (χ4n) is 2.87. The normalized spacial score (nSPS) is 20.3. The second kappa shape index (κ2) is 7.09. The van der Waals surface area contributed by atoms with Crippen molar-refractivity contribution in [3.05, 3.63) is 23.8 Å². The summed E-state index contributed by atoms with van der Waals surface area (Å²) in [6.07, 6.45) is 0. The second-order valence-corrected chi connectivity index (χ2v) is 7.17. The summed E-state index contributed by atoms with van der Waals surface area (Å²) in [4.78, 5) is 25.0. The van der Waals surface area contributed by atoms with Gasteiger partial charge >= 0.3 is 5.97 Å². The number of nitrogens with two attached hydrogens (primary N) is 1. The molecular formula is C17H26N4O3. The number of carboxylic acids is 1. The molecule has 1 heterocycles. The fraction of sp³-hybridized carbons (Fsp3) is 0.529. The zero-order valence-corrected chi connectivity index (χ0v) is 14.4. The number of nitrogens with zero attached hydrogens (tertiary/aromatic N) is 1. The summed E-state index contributed by atoms with van der Waals surface area (Å²) in [5.41, 5.74) is 7.54. The molecule has 7 nitrogen and oxygen atoms in total. The number of benzene rings is 1. The minimum Gasteiger partial charge on any atom is -0.480 e. The summed E-state index contributed by atoms with van der Waals surface area (Å²) < 4.78 is 0. The molecule has 1 aliphatic rings. The molecule has 0 radical (unpaired) electrons. The minimum atomic E-state index is -1.09. The average molecular weight is 334 g/mol. The van der Waals surface area contributed by atoms with E-state index in [1.165, 1.54) is 0 Å². The first-order chi connectivity index (χ1) is 11.2. The molecule has 1 fully saturated rings. The second-order valence-electron chi connectivity index (χ2n) is 7.17. The number of carboxylic acid groups (broad SMARTS) is 1. The Bertz CT molecular complexity index is 630. The molecule has 1 aromatic rings. The van der Waals surface area contributed by atoms with Crippen LogP contribution in [0.15, 0.2) is 18.2 Å². The van der Waals surface area contributed by atoms with E-state index in [2.05, 4.69) is 36.3 Å². The molecular weight excluding hydrogens is 308 g/mol. The van der Waals surface area contributed by atoms with Crippen LogP contribution in [0.25, 0.3) is 0 Å². The SMILES string of the molecule is CC1CN(c2ccc(N)c(C(=O)NCC(=O)O)c2)CC(C)(C)CN1. The number of nitrogen functional groups attached to an aromatic ring is 1. The van der Waals surface area contributed by atoms with E-state index in [4.69, 9.17) is 10.8 Å². The molecule has 0 spiro atoms. The first kappa shape index (κ1) is 18.1. The van der Waals surface area contributed by atoms with Gasteiger partial charge in [0.25, 0.3) is 5.91 Å². The van der Waals surface area contributed by atoms with Crippen LogP contribution < -0.4 is 21.3 Å². The fourth-order valence-corrected chi connectivity index (χ4v) is 2.87. The van der Waals surface area contributed by atoms with Crippen LogP contribution in [0.1, 0.15) is 31.1 Å². The first-order valence-electron chi connectivity index (χ1n) is 8.06. The van der Waals surface area contributed by atoms with Crippen LogP contribution in [0.2, 0.25) is 0 Å². The van der Waals surface area contributed by atoms with Crippen molar-refractivity contribution in [1.29, 1.82) is 0 Å². The number of anilines is 2. The van der Waals surface area contributed by atoms with Gasteiger partial charge in [0.2, 0.25) is 0 Å². The van der Waals surface area contributed by atoms with Crippen molar-refractivity contribution in [3.63, 3.8) is 0 Å². The Hall–Kier alpha value is -2.28. The van der Waals surface area contributed by atoms with Gasteiger partial charge in [-0.3, -0.25) is 9.59 Å². The zero-order valence-electron chi connectivity index (χ0n) is 14.4. The van der Waals surface area contributed by atoms with Gasteiger partial charge in [0.15, 0.2) is 0 Å². The van der Waals surface area contributed by atoms with E-state index in [0.29, 0.717) is 17.3 Å². The van der Waals surface area contributed by atoms with Crippen LogP contribution in [-0.2, 0) is 4.79 Å². The Morgan fingerprint density at radius 1 is 1.46 bits per heavy atom. The maximum atomic E-state index is 12.2. The number of aliphatic carboxylic acids is 1. The van der Waals surface area contributed by atoms with Gasteiger partial charge in [0.05, 0.1) is 5.56 Å². The number of carbonyl (C=O) groups is 2. The van der Waals surface area contributed by atoms with Gasteiger partial charge in [-0.1, -0.05) is 13.8 Å². The van der Waals surface area contributed by atoms with Crippen LogP contribution in [0, 0.1) is 5.41 Å². The van der Waals surface area contributed by atoms with Gasteiger partial charge in [0.1, 0.15) is 6.54 Å². The monoisotopic (exact) mass is 334 g/mol. The lowest BCUT2D eigenvalue weighted by atomic mass is 9.93. The predicted molar refractivity (Wildman–Crippen MR) is 94.3 cm³/mol. The number of hydrogen-bond donors (Lipinski definition) is 4. The van der Waals surface area contributed by atoms with E-state index in [0.717, 1.165) is 25.3 Å². The molecule has 7 heteroatoms. The van der Waals surface area contributed by atoms with E-state index in [1.54, 1.807) is 12.1 Å². The molecule has 2 rings (SSSR count). The summed E-state index contributed by atoms with van der Waals surface area (Å²) in [7, 11) is 0. The molecule has 0 saturated carbocycles. The van der Waals surface area contributed by atoms with Gasteiger partial charge in [-0.15, -0.1) is 0 Å². The highest BCUT2D eigenvalue weighted by atomic mass is 16.4. The molecule has 132 valence electrons. The predicted octanol–water partition coefficient (Wildman–Crippen LogP) is 0.908. The number of amides is 1. The minimum absolute atomic E-state index is 0.0951. The third-order valence-electron chi connectivity index (χ3n) is 4.09. The van der Waals surface area contributed by atoms with Gasteiger partial charge in [-0.2, -0.15) is 0 Å². The summed E-state index contributed by atoms with van der Waals surface area (Å²) in [5.74, 6) is -1.57. The highest BCUT2D eigenvalue weighted by molar-refractivity contribution is 6.01. The smallest absolute Gasteiger partial charge is 0.322 e. The Kier molecular flexibility index (Phi) is 5.33. The summed E-state index contributed by atoms with van der Waals surface area (Å²) in [5, 5.41) is 14.6. The van der Waals surface area contributed by atoms with E-state index in [-0.39, 0.29) is 5.41 Å². The van der Waals surface area contributed by atoms with Gasteiger partial charge in [0, 0.05) is 37.1 Å². The topological polar surface area (TPSA) is 108 Å². The lowest BCUT2D eigenvalue weighted by molar-refractivity contribution is -0.135. The van der Waals surface area contributed by atoms with Crippen molar-refractivity contribution < 1.29 is 14.7 Å². The summed E-state index contributed by atoms with van der Waals surface area (Å²) in [6.45, 7) is 8.69. The van der Waals surface area contributed by atoms with Gasteiger partial charge < -0.3 is 26.4 Å². The first-order valence-corrected chi connectivity index (χ1v) is 8.06. The van der Waals surface area contributed by atoms with Crippen molar-refractivity contribution in [2.24, 2.45) is 5.41 Å². The zero-order chi connectivity index (χ0) is 17.9. The largest absolute Gasteiger partial charge is 0.480 e. The van der Waals surface area contributed by atoms with E-state index >= 15 is 0 Å². The van der Waals surface area contributed by atoms with Crippen molar-refractivity contribution in [1.82, 2.24) is 10.6 Å². The maximum absolute atomic E-state index is 12.2. The van der Waals surface area contributed by atoms with Crippen molar-refractivity contribution in [3.8, 4) is 0 Å². The standard InChI is InChI=1S/C17H26N4O3/c1-11-8-21(10-17(2,3)9-20-11)12-4-5-14(18)13(6-12)16(24)19-7-15(22)23/h4-6,11,20H,7-10,18H2,1-3H3,(H,19,24)(H,22,23). The summed E-state index contributed by atoms with van der Waals surface area (Å²) >= 11 is 0. The lowest BCUT2D eigenvalue weighted by Crippen LogP contribution is -2.36. The van der Waals surface area contributed by atoms with Crippen molar-refractivity contribution in [2.75, 3.05) is 36.8 Å². The Labute approximate surface area is 142 Å². The molecule has 1 amide bonds. The third-order valence-corrected chi connectivity index (χ3v) is 4.09. The third kappa shape index (κ3) is 4.61. The van der Waals surface area contributed by atoms with Crippen molar-refractivity contribution in [2.45, 2.75) is 26.8 Å². The Balaban J connectivity index is 2.25. The number of carbonyl (C=O) groups excluding carboxylic acids is 1. The van der Waals surface area contributed by atoms with Gasteiger partial charge in [-0.25, -0.2) is 0 Å². The van der Waals surface area contributed by atoms with E-state index < -0.39 is 18.4 Å². The molecule has 1 unspecified atom stereocenters. The number of hydrogen-bond acceptors (Lipinski definition) is 5. The van der Waals surface area contributed by atoms with E-state index in [1.807, 2.05) is 6.07 Å². The van der Waals surface area contributed by atoms with Crippen LogP contribution in [0.4, 0.5) is 11.4 Å². The van der Waals surface area contributed by atoms with E-state index in [9.17, 15) is 9.59 Å². The van der Waals surface area contributed by atoms with Crippen molar-refractivity contribution >= 4 is 23.3 Å². The Morgan fingerprint density at radius 3 is 2.83 bits per heavy atom. The highest BCUT2D eigenvalue weighted by Crippen LogP contribution is 2.27. The van der Waals surface area contributed by atoms with Crippen LogP contribution in [0.5, 0.6) is 0 Å². The van der Waals surface area contributed by atoms with Crippen LogP contribution >= 0.6 is 0 Å². The highest BCUT2D eigenvalue weighted by Gasteiger charge is 2.27. The lowest BCUT2D eigenvalue weighted by Gasteiger charge is -2.31. The molecule has 0 aliphatic carbocycles. The quantitative estimate of drug-likeness (QED) is 0.610.